The number of aliphatic hydroxyl groups is 1. The largest absolute Gasteiger partial charge is 0.465 e. The lowest BCUT2D eigenvalue weighted by atomic mass is 9.71. The van der Waals surface area contributed by atoms with E-state index in [0.29, 0.717) is 32.5 Å². The van der Waals surface area contributed by atoms with Crippen LogP contribution in [-0.2, 0) is 19.1 Å². The van der Waals surface area contributed by atoms with E-state index in [1.54, 1.807) is 28.8 Å². The fourth-order valence-corrected chi connectivity index (χ4v) is 8.22. The van der Waals surface area contributed by atoms with E-state index in [-0.39, 0.29) is 36.2 Å². The van der Waals surface area contributed by atoms with Crippen LogP contribution in [0, 0.1) is 11.8 Å². The number of nitrogens with zero attached hydrogens (tertiary/aromatic N) is 2. The Hall–Kier alpha value is -1.80. The number of ether oxygens (including phenoxy) is 1. The number of likely N-dealkylation sites (tertiary alicyclic amines) is 1. The summed E-state index contributed by atoms with van der Waals surface area (Å²) >= 11 is 1.68. The zero-order valence-electron chi connectivity index (χ0n) is 21.2. The van der Waals surface area contributed by atoms with Gasteiger partial charge >= 0.3 is 5.97 Å². The lowest BCUT2D eigenvalue weighted by Gasteiger charge is -2.37. The first-order valence-corrected chi connectivity index (χ1v) is 14.1. The van der Waals surface area contributed by atoms with Crippen molar-refractivity contribution in [3.63, 3.8) is 0 Å². The number of hydrogen-bond acceptors (Lipinski definition) is 6. The number of thioether (sulfide) groups is 1. The van der Waals surface area contributed by atoms with Crippen molar-refractivity contribution >= 4 is 29.5 Å². The maximum atomic E-state index is 14.1. The number of esters is 1. The Labute approximate surface area is 214 Å². The van der Waals surface area contributed by atoms with E-state index in [1.165, 1.54) is 0 Å². The van der Waals surface area contributed by atoms with Crippen molar-refractivity contribution in [2.45, 2.75) is 80.7 Å². The Morgan fingerprint density at radius 1 is 1.23 bits per heavy atom. The minimum absolute atomic E-state index is 0.0139. The summed E-state index contributed by atoms with van der Waals surface area (Å²) in [5, 5.41) is 9.19. The number of aliphatic hydroxyl groups excluding tert-OH is 1. The Kier molecular flexibility index (Phi) is 10.3. The monoisotopic (exact) mass is 506 g/mol. The molecule has 0 aliphatic carbocycles. The van der Waals surface area contributed by atoms with Crippen LogP contribution in [0.3, 0.4) is 0 Å². The van der Waals surface area contributed by atoms with Crippen molar-refractivity contribution in [2.75, 3.05) is 32.8 Å². The van der Waals surface area contributed by atoms with E-state index >= 15 is 0 Å². The molecular weight excluding hydrogens is 464 g/mol. The van der Waals surface area contributed by atoms with Crippen molar-refractivity contribution < 1.29 is 24.2 Å². The van der Waals surface area contributed by atoms with Crippen LogP contribution in [0.25, 0.3) is 0 Å². The third-order valence-electron chi connectivity index (χ3n) is 7.62. The smallest absolute Gasteiger partial charge is 0.310 e. The fraction of sp³-hybridized carbons (Fsp3) is 0.741. The zero-order chi connectivity index (χ0) is 25.4. The number of rotatable bonds is 16. The minimum Gasteiger partial charge on any atom is -0.465 e. The van der Waals surface area contributed by atoms with Gasteiger partial charge in [0, 0.05) is 31.5 Å². The Balaban J connectivity index is 1.89. The standard InChI is InChI=1S/C27H42N2O5S/c1-4-7-10-16-28(15-6-3)25(32)23-27-14-13-20(35-27)21(26(33)34-19-8-5-2)22(27)24(31)29(23)17-11-9-12-18-30/h5-6,20-23,30H,2-4,7-19H2,1H3/t20-,21+,22-,23?,27?/m0/s1. The van der Waals surface area contributed by atoms with Crippen LogP contribution in [0.2, 0.25) is 0 Å². The predicted molar refractivity (Wildman–Crippen MR) is 139 cm³/mol. The van der Waals surface area contributed by atoms with E-state index in [2.05, 4.69) is 20.1 Å². The maximum absolute atomic E-state index is 14.1. The summed E-state index contributed by atoms with van der Waals surface area (Å²) in [5.41, 5.74) is 0. The predicted octanol–water partition coefficient (Wildman–Crippen LogP) is 3.56. The van der Waals surface area contributed by atoms with Gasteiger partial charge in [-0.2, -0.15) is 0 Å². The van der Waals surface area contributed by atoms with E-state index in [1.807, 2.05) is 4.90 Å². The number of carbonyl (C=O) groups excluding carboxylic acids is 3. The molecule has 1 N–H and O–H groups in total. The Morgan fingerprint density at radius 3 is 2.71 bits per heavy atom. The van der Waals surface area contributed by atoms with E-state index in [9.17, 15) is 19.5 Å². The summed E-state index contributed by atoms with van der Waals surface area (Å²) in [6, 6.07) is -0.573. The third-order valence-corrected chi connectivity index (χ3v) is 9.57. The van der Waals surface area contributed by atoms with E-state index in [4.69, 9.17) is 4.74 Å². The molecule has 0 aromatic rings. The average molecular weight is 507 g/mol. The summed E-state index contributed by atoms with van der Waals surface area (Å²) in [7, 11) is 0. The van der Waals surface area contributed by atoms with Gasteiger partial charge in [0.05, 0.1) is 23.2 Å². The van der Waals surface area contributed by atoms with Crippen molar-refractivity contribution in [3.8, 4) is 0 Å². The van der Waals surface area contributed by atoms with Crippen molar-refractivity contribution in [1.82, 2.24) is 9.80 Å². The molecule has 0 saturated carbocycles. The molecule has 1 spiro atoms. The van der Waals surface area contributed by atoms with Crippen LogP contribution in [0.1, 0.15) is 64.7 Å². The molecule has 2 bridgehead atoms. The molecule has 3 aliphatic heterocycles. The van der Waals surface area contributed by atoms with E-state index < -0.39 is 22.6 Å². The van der Waals surface area contributed by atoms with Gasteiger partial charge in [-0.25, -0.2) is 0 Å². The fourth-order valence-electron chi connectivity index (χ4n) is 6.02. The molecule has 3 heterocycles. The molecule has 7 nitrogen and oxygen atoms in total. The van der Waals surface area contributed by atoms with Gasteiger partial charge in [-0.3, -0.25) is 14.4 Å². The number of amides is 2. The summed E-state index contributed by atoms with van der Waals surface area (Å²) in [6.45, 7) is 11.6. The summed E-state index contributed by atoms with van der Waals surface area (Å²) in [5.74, 6) is -1.44. The van der Waals surface area contributed by atoms with Crippen LogP contribution < -0.4 is 0 Å². The Morgan fingerprint density at radius 2 is 2.03 bits per heavy atom. The van der Waals surface area contributed by atoms with Crippen molar-refractivity contribution in [1.29, 1.82) is 0 Å². The number of fused-ring (bicyclic) bond motifs is 1. The van der Waals surface area contributed by atoms with Gasteiger partial charge in [0.25, 0.3) is 0 Å². The highest BCUT2D eigenvalue weighted by Gasteiger charge is 2.74. The molecule has 8 heteroatoms. The van der Waals surface area contributed by atoms with Gasteiger partial charge < -0.3 is 19.6 Å². The minimum atomic E-state index is -0.581. The van der Waals surface area contributed by atoms with Crippen LogP contribution in [-0.4, -0.2) is 81.6 Å². The average Bonchev–Trinajstić information content (AvgIpc) is 3.48. The molecule has 3 saturated heterocycles. The van der Waals surface area contributed by atoms with Crippen molar-refractivity contribution in [3.05, 3.63) is 25.3 Å². The van der Waals surface area contributed by atoms with Crippen molar-refractivity contribution in [2.24, 2.45) is 11.8 Å². The maximum Gasteiger partial charge on any atom is 0.310 e. The summed E-state index contributed by atoms with van der Waals surface area (Å²) in [4.78, 5) is 44.7. The van der Waals surface area contributed by atoms with Crippen LogP contribution in [0.15, 0.2) is 25.3 Å². The molecule has 5 atom stereocenters. The highest BCUT2D eigenvalue weighted by Crippen LogP contribution is 2.66. The number of hydrogen-bond donors (Lipinski definition) is 1. The van der Waals surface area contributed by atoms with Crippen LogP contribution >= 0.6 is 11.8 Å². The topological polar surface area (TPSA) is 87.2 Å². The first kappa shape index (κ1) is 27.8. The number of unbranched alkanes of at least 4 members (excludes halogenated alkanes) is 4. The van der Waals surface area contributed by atoms with Gasteiger partial charge in [0.15, 0.2) is 0 Å². The highest BCUT2D eigenvalue weighted by molar-refractivity contribution is 8.02. The quantitative estimate of drug-likeness (QED) is 0.196. The first-order chi connectivity index (χ1) is 17.0. The van der Waals surface area contributed by atoms with Gasteiger partial charge in [-0.1, -0.05) is 31.9 Å². The Bertz CT molecular complexity index is 790. The van der Waals surface area contributed by atoms with E-state index in [0.717, 1.165) is 44.9 Å². The molecular formula is C27H42N2O5S. The molecule has 2 unspecified atom stereocenters. The molecule has 196 valence electrons. The second-order valence-corrected chi connectivity index (χ2v) is 11.5. The van der Waals surface area contributed by atoms with Gasteiger partial charge in [0.1, 0.15) is 6.04 Å². The normalized spacial score (nSPS) is 28.7. The molecule has 35 heavy (non-hydrogen) atoms. The molecule has 3 fully saturated rings. The molecule has 2 amide bonds. The third kappa shape index (κ3) is 5.63. The van der Waals surface area contributed by atoms with Crippen LogP contribution in [0.4, 0.5) is 0 Å². The van der Waals surface area contributed by atoms with Crippen LogP contribution in [0.5, 0.6) is 0 Å². The summed E-state index contributed by atoms with van der Waals surface area (Å²) < 4.78 is 4.96. The molecule has 0 radical (unpaired) electrons. The van der Waals surface area contributed by atoms with Gasteiger partial charge in [0.2, 0.25) is 11.8 Å². The first-order valence-electron chi connectivity index (χ1n) is 13.2. The SMILES string of the molecule is C=CCCOC(=O)[C@@H]1[C@@H]2CCC3(S2)C(C(=O)N(CC=C)CCCCC)N(CCCCCO)C(=O)[C@H]13. The van der Waals surface area contributed by atoms with Gasteiger partial charge in [-0.05, 0) is 44.9 Å². The summed E-state index contributed by atoms with van der Waals surface area (Å²) in [6.07, 6.45) is 10.8. The molecule has 0 aromatic carbocycles. The van der Waals surface area contributed by atoms with Gasteiger partial charge in [-0.15, -0.1) is 24.9 Å². The second kappa shape index (κ2) is 12.9. The number of carbonyl (C=O) groups is 3. The zero-order valence-corrected chi connectivity index (χ0v) is 22.0. The molecule has 3 aliphatic rings. The lowest BCUT2D eigenvalue weighted by Crippen LogP contribution is -2.55. The molecule has 0 aromatic heterocycles. The highest BCUT2D eigenvalue weighted by atomic mass is 32.2. The second-order valence-electron chi connectivity index (χ2n) is 9.90. The lowest BCUT2D eigenvalue weighted by molar-refractivity contribution is -0.154. The molecule has 3 rings (SSSR count).